The molecule has 0 atom stereocenters. The zero-order valence-corrected chi connectivity index (χ0v) is 14.9. The van der Waals surface area contributed by atoms with E-state index in [9.17, 15) is 12.8 Å². The van der Waals surface area contributed by atoms with Gasteiger partial charge in [0.15, 0.2) is 0 Å². The number of halogens is 1. The van der Waals surface area contributed by atoms with Crippen LogP contribution in [0.2, 0.25) is 0 Å². The van der Waals surface area contributed by atoms with E-state index in [2.05, 4.69) is 28.8 Å². The lowest BCUT2D eigenvalue weighted by atomic mass is 10.3. The van der Waals surface area contributed by atoms with E-state index in [4.69, 9.17) is 4.74 Å². The Morgan fingerprint density at radius 1 is 1.30 bits per heavy atom. The summed E-state index contributed by atoms with van der Waals surface area (Å²) >= 11 is 0. The van der Waals surface area contributed by atoms with Crippen LogP contribution in [0.5, 0.6) is 0 Å². The number of hydrogen-bond acceptors (Lipinski definition) is 5. The largest absolute Gasteiger partial charge is 0.383 e. The van der Waals surface area contributed by atoms with Crippen LogP contribution in [0.1, 0.15) is 13.8 Å². The fourth-order valence-electron chi connectivity index (χ4n) is 1.85. The lowest BCUT2D eigenvalue weighted by molar-refractivity contribution is 0.204. The number of ether oxygens (including phenoxy) is 1. The molecule has 0 heterocycles. The monoisotopic (exact) mass is 347 g/mol. The fourth-order valence-corrected chi connectivity index (χ4v) is 3.05. The molecule has 0 aliphatic rings. The van der Waals surface area contributed by atoms with Gasteiger partial charge in [0.2, 0.25) is 10.0 Å². The minimum atomic E-state index is -3.80. The molecule has 23 heavy (non-hydrogen) atoms. The van der Waals surface area contributed by atoms with Crippen molar-refractivity contribution in [3.05, 3.63) is 24.0 Å². The maximum atomic E-state index is 13.5. The zero-order chi connectivity index (χ0) is 17.5. The van der Waals surface area contributed by atoms with E-state index in [0.717, 1.165) is 12.6 Å². The molecular weight excluding hydrogens is 321 g/mol. The van der Waals surface area contributed by atoms with Gasteiger partial charge in [-0.1, -0.05) is 0 Å². The normalized spacial score (nSPS) is 12.1. The topological polar surface area (TPSA) is 70.7 Å². The zero-order valence-electron chi connectivity index (χ0n) is 14.1. The highest BCUT2D eigenvalue weighted by Gasteiger charge is 2.19. The quantitative estimate of drug-likeness (QED) is 0.628. The molecule has 0 bridgehead atoms. The van der Waals surface area contributed by atoms with E-state index in [1.165, 1.54) is 19.2 Å². The molecule has 6 nitrogen and oxygen atoms in total. The van der Waals surface area contributed by atoms with Gasteiger partial charge >= 0.3 is 0 Å². The van der Waals surface area contributed by atoms with Crippen LogP contribution in [0.3, 0.4) is 0 Å². The van der Waals surface area contributed by atoms with E-state index >= 15 is 0 Å². The number of anilines is 1. The SMILES string of the molecule is COCCNS(=O)(=O)c1cc(F)ccc1NCCN(C)C(C)C. The van der Waals surface area contributed by atoms with E-state index in [0.29, 0.717) is 18.3 Å². The van der Waals surface area contributed by atoms with Gasteiger partial charge in [0.1, 0.15) is 10.7 Å². The number of benzene rings is 1. The predicted octanol–water partition coefficient (Wildman–Crippen LogP) is 1.50. The third kappa shape index (κ3) is 6.42. The Bertz CT molecular complexity index is 594. The Hall–Kier alpha value is -1.22. The third-order valence-electron chi connectivity index (χ3n) is 3.49. The van der Waals surface area contributed by atoms with Crippen molar-refractivity contribution in [1.82, 2.24) is 9.62 Å². The molecule has 0 aliphatic carbocycles. The van der Waals surface area contributed by atoms with Crippen LogP contribution in [-0.2, 0) is 14.8 Å². The van der Waals surface area contributed by atoms with Gasteiger partial charge < -0.3 is 15.0 Å². The van der Waals surface area contributed by atoms with Gasteiger partial charge in [0, 0.05) is 32.8 Å². The van der Waals surface area contributed by atoms with Crippen molar-refractivity contribution >= 4 is 15.7 Å². The Morgan fingerprint density at radius 3 is 2.61 bits per heavy atom. The van der Waals surface area contributed by atoms with Crippen molar-refractivity contribution in [1.29, 1.82) is 0 Å². The third-order valence-corrected chi connectivity index (χ3v) is 4.99. The van der Waals surface area contributed by atoms with Gasteiger partial charge in [-0.3, -0.25) is 0 Å². The first-order chi connectivity index (χ1) is 10.8. The number of nitrogens with one attached hydrogen (secondary N) is 2. The molecule has 0 aromatic heterocycles. The first-order valence-corrected chi connectivity index (χ1v) is 8.98. The van der Waals surface area contributed by atoms with Crippen LogP contribution < -0.4 is 10.0 Å². The van der Waals surface area contributed by atoms with Crippen LogP contribution in [0, 0.1) is 5.82 Å². The van der Waals surface area contributed by atoms with Crippen molar-refractivity contribution in [3.63, 3.8) is 0 Å². The lowest BCUT2D eigenvalue weighted by Crippen LogP contribution is -2.32. The molecule has 1 rings (SSSR count). The standard InChI is InChI=1S/C15H26FN3O3S/c1-12(2)19(3)9-7-17-14-6-5-13(16)11-15(14)23(20,21)18-8-10-22-4/h5-6,11-12,17-18H,7-10H2,1-4H3. The second kappa shape index (κ2) is 9.17. The second-order valence-corrected chi connectivity index (χ2v) is 7.27. The number of nitrogens with zero attached hydrogens (tertiary/aromatic N) is 1. The summed E-state index contributed by atoms with van der Waals surface area (Å²) < 4.78 is 45.3. The van der Waals surface area contributed by atoms with E-state index in [-0.39, 0.29) is 18.0 Å². The molecule has 132 valence electrons. The van der Waals surface area contributed by atoms with Crippen molar-refractivity contribution in [2.75, 3.05) is 45.7 Å². The molecule has 1 aromatic carbocycles. The van der Waals surface area contributed by atoms with E-state index in [1.54, 1.807) is 0 Å². The molecule has 2 N–H and O–H groups in total. The Kier molecular flexibility index (Phi) is 7.90. The average Bonchev–Trinajstić information content (AvgIpc) is 2.48. The van der Waals surface area contributed by atoms with Crippen molar-refractivity contribution in [2.24, 2.45) is 0 Å². The smallest absolute Gasteiger partial charge is 0.242 e. The molecule has 0 amide bonds. The highest BCUT2D eigenvalue weighted by molar-refractivity contribution is 7.89. The Labute approximate surface area is 138 Å². The number of likely N-dealkylation sites (N-methyl/N-ethyl adjacent to an activating group) is 1. The van der Waals surface area contributed by atoms with Gasteiger partial charge in [-0.15, -0.1) is 0 Å². The van der Waals surface area contributed by atoms with Crippen LogP contribution in [-0.4, -0.2) is 59.8 Å². The van der Waals surface area contributed by atoms with Crippen LogP contribution in [0.15, 0.2) is 23.1 Å². The molecule has 8 heteroatoms. The van der Waals surface area contributed by atoms with Gasteiger partial charge in [0.05, 0.1) is 12.3 Å². The Morgan fingerprint density at radius 2 is 2.00 bits per heavy atom. The molecule has 0 unspecified atom stereocenters. The maximum Gasteiger partial charge on any atom is 0.242 e. The van der Waals surface area contributed by atoms with Gasteiger partial charge in [-0.2, -0.15) is 0 Å². The molecule has 0 spiro atoms. The summed E-state index contributed by atoms with van der Waals surface area (Å²) in [4.78, 5) is 2.03. The van der Waals surface area contributed by atoms with Crippen molar-refractivity contribution in [3.8, 4) is 0 Å². The number of hydrogen-bond donors (Lipinski definition) is 2. The molecular formula is C15H26FN3O3S. The van der Waals surface area contributed by atoms with Crippen LogP contribution in [0.4, 0.5) is 10.1 Å². The Balaban J connectivity index is 2.84. The molecule has 0 aliphatic heterocycles. The van der Waals surface area contributed by atoms with Crippen LogP contribution >= 0.6 is 0 Å². The summed E-state index contributed by atoms with van der Waals surface area (Å²) in [5.41, 5.74) is 0.383. The average molecular weight is 347 g/mol. The van der Waals surface area contributed by atoms with Gasteiger partial charge in [0.25, 0.3) is 0 Å². The fraction of sp³-hybridized carbons (Fsp3) is 0.600. The lowest BCUT2D eigenvalue weighted by Gasteiger charge is -2.21. The summed E-state index contributed by atoms with van der Waals surface area (Å²) in [6.07, 6.45) is 0. The first-order valence-electron chi connectivity index (χ1n) is 7.50. The van der Waals surface area contributed by atoms with Gasteiger partial charge in [-0.25, -0.2) is 17.5 Å². The number of methoxy groups -OCH3 is 1. The van der Waals surface area contributed by atoms with Crippen molar-refractivity contribution in [2.45, 2.75) is 24.8 Å². The molecule has 0 saturated heterocycles. The highest BCUT2D eigenvalue weighted by atomic mass is 32.2. The van der Waals surface area contributed by atoms with Gasteiger partial charge in [-0.05, 0) is 39.1 Å². The summed E-state index contributed by atoms with van der Waals surface area (Å²) in [7, 11) is -0.331. The minimum Gasteiger partial charge on any atom is -0.383 e. The first kappa shape index (κ1) is 19.8. The number of rotatable bonds is 10. The summed E-state index contributed by atoms with van der Waals surface area (Å²) in [6.45, 7) is 5.83. The highest BCUT2D eigenvalue weighted by Crippen LogP contribution is 2.22. The maximum absolute atomic E-state index is 13.5. The van der Waals surface area contributed by atoms with E-state index < -0.39 is 15.8 Å². The molecule has 0 saturated carbocycles. The molecule has 0 radical (unpaired) electrons. The van der Waals surface area contributed by atoms with Crippen LogP contribution in [0.25, 0.3) is 0 Å². The molecule has 1 aromatic rings. The summed E-state index contributed by atoms with van der Waals surface area (Å²) in [5.74, 6) is -0.595. The summed E-state index contributed by atoms with van der Waals surface area (Å²) in [5, 5.41) is 3.06. The predicted molar refractivity (Wildman–Crippen MR) is 89.7 cm³/mol. The molecule has 0 fully saturated rings. The minimum absolute atomic E-state index is 0.0965. The second-order valence-electron chi connectivity index (χ2n) is 5.53. The van der Waals surface area contributed by atoms with E-state index in [1.807, 2.05) is 7.05 Å². The number of sulfonamides is 1. The van der Waals surface area contributed by atoms with Crippen molar-refractivity contribution < 1.29 is 17.5 Å². The summed E-state index contributed by atoms with van der Waals surface area (Å²) in [6, 6.07) is 4.09.